The third-order valence-corrected chi connectivity index (χ3v) is 3.14. The standard InChI is InChI=1S/C14H16N2O5/c1-9(14(19)20)6-15-12(17)7-16-10-4-2-3-5-11(10)21-8-13(16)18/h2-5,9H,6-8H2,1H3,(H,15,17)(H,19,20). The van der Waals surface area contributed by atoms with Crippen molar-refractivity contribution in [3.05, 3.63) is 24.3 Å². The molecule has 1 aromatic carbocycles. The Hall–Kier alpha value is -2.57. The summed E-state index contributed by atoms with van der Waals surface area (Å²) in [5, 5.41) is 11.3. The number of amides is 2. The van der Waals surface area contributed by atoms with E-state index in [2.05, 4.69) is 5.32 Å². The van der Waals surface area contributed by atoms with Crippen LogP contribution < -0.4 is 15.0 Å². The first-order valence-electron chi connectivity index (χ1n) is 6.50. The predicted octanol–water partition coefficient (Wildman–Crippen LogP) is 0.249. The average Bonchev–Trinajstić information content (AvgIpc) is 2.47. The second kappa shape index (κ2) is 6.25. The van der Waals surface area contributed by atoms with E-state index in [0.29, 0.717) is 11.4 Å². The van der Waals surface area contributed by atoms with Crippen LogP contribution in [0.3, 0.4) is 0 Å². The fourth-order valence-corrected chi connectivity index (χ4v) is 1.88. The van der Waals surface area contributed by atoms with Crippen LogP contribution in [0.2, 0.25) is 0 Å². The minimum absolute atomic E-state index is 0.0222. The first kappa shape index (κ1) is 14.8. The monoisotopic (exact) mass is 292 g/mol. The number of carboxylic acid groups (broad SMARTS) is 1. The Morgan fingerprint density at radius 2 is 2.14 bits per heavy atom. The molecular formula is C14H16N2O5. The number of aliphatic carboxylic acids is 1. The van der Waals surface area contributed by atoms with E-state index in [0.717, 1.165) is 0 Å². The largest absolute Gasteiger partial charge is 0.482 e. The summed E-state index contributed by atoms with van der Waals surface area (Å²) in [5.74, 6) is -1.84. The van der Waals surface area contributed by atoms with E-state index in [9.17, 15) is 14.4 Å². The molecular weight excluding hydrogens is 276 g/mol. The predicted molar refractivity (Wildman–Crippen MR) is 74.1 cm³/mol. The van der Waals surface area contributed by atoms with Gasteiger partial charge in [0, 0.05) is 6.54 Å². The lowest BCUT2D eigenvalue weighted by Crippen LogP contribution is -2.46. The molecule has 112 valence electrons. The Labute approximate surface area is 121 Å². The number of carboxylic acids is 1. The maximum atomic E-state index is 11.9. The summed E-state index contributed by atoms with van der Waals surface area (Å²) in [6.07, 6.45) is 0. The van der Waals surface area contributed by atoms with E-state index in [4.69, 9.17) is 9.84 Å². The Kier molecular flexibility index (Phi) is 4.42. The van der Waals surface area contributed by atoms with Gasteiger partial charge in [0.2, 0.25) is 5.91 Å². The zero-order valence-electron chi connectivity index (χ0n) is 11.5. The first-order valence-corrected chi connectivity index (χ1v) is 6.50. The smallest absolute Gasteiger partial charge is 0.308 e. The van der Waals surface area contributed by atoms with E-state index >= 15 is 0 Å². The van der Waals surface area contributed by atoms with Gasteiger partial charge in [-0.1, -0.05) is 19.1 Å². The molecule has 0 saturated heterocycles. The molecule has 1 aliphatic rings. The number of benzene rings is 1. The topological polar surface area (TPSA) is 95.9 Å². The molecule has 0 aromatic heterocycles. The Morgan fingerprint density at radius 3 is 2.86 bits per heavy atom. The highest BCUT2D eigenvalue weighted by molar-refractivity contribution is 6.02. The van der Waals surface area contributed by atoms with Gasteiger partial charge in [0.1, 0.15) is 12.3 Å². The first-order chi connectivity index (χ1) is 9.99. The quantitative estimate of drug-likeness (QED) is 0.811. The van der Waals surface area contributed by atoms with E-state index in [1.807, 2.05) is 0 Å². The highest BCUT2D eigenvalue weighted by Gasteiger charge is 2.27. The third-order valence-electron chi connectivity index (χ3n) is 3.14. The van der Waals surface area contributed by atoms with Gasteiger partial charge in [-0.3, -0.25) is 19.3 Å². The Bertz CT molecular complexity index is 572. The number of carbonyl (C=O) groups excluding carboxylic acids is 2. The molecule has 1 atom stereocenters. The van der Waals surface area contributed by atoms with Crippen molar-refractivity contribution in [1.29, 1.82) is 0 Å². The molecule has 2 amide bonds. The molecule has 2 N–H and O–H groups in total. The number of nitrogens with one attached hydrogen (secondary N) is 1. The molecule has 0 fully saturated rings. The van der Waals surface area contributed by atoms with Crippen LogP contribution in [0.1, 0.15) is 6.92 Å². The number of para-hydroxylation sites is 2. The van der Waals surface area contributed by atoms with Gasteiger partial charge in [-0.25, -0.2) is 0 Å². The fraction of sp³-hybridized carbons (Fsp3) is 0.357. The lowest BCUT2D eigenvalue weighted by molar-refractivity contribution is -0.141. The van der Waals surface area contributed by atoms with Crippen LogP contribution in [0, 0.1) is 5.92 Å². The molecule has 0 aliphatic carbocycles. The third kappa shape index (κ3) is 3.50. The normalized spacial score (nSPS) is 14.9. The van der Waals surface area contributed by atoms with Crippen molar-refractivity contribution in [2.45, 2.75) is 6.92 Å². The molecule has 0 spiro atoms. The van der Waals surface area contributed by atoms with Crippen molar-refractivity contribution in [1.82, 2.24) is 5.32 Å². The Morgan fingerprint density at radius 1 is 1.43 bits per heavy atom. The summed E-state index contributed by atoms with van der Waals surface area (Å²) in [5.41, 5.74) is 0.537. The van der Waals surface area contributed by atoms with Gasteiger partial charge < -0.3 is 15.2 Å². The van der Waals surface area contributed by atoms with Crippen molar-refractivity contribution in [2.24, 2.45) is 5.92 Å². The van der Waals surface area contributed by atoms with E-state index < -0.39 is 17.8 Å². The van der Waals surface area contributed by atoms with Crippen LogP contribution in [-0.2, 0) is 14.4 Å². The zero-order chi connectivity index (χ0) is 15.4. The van der Waals surface area contributed by atoms with Crippen LogP contribution in [0.4, 0.5) is 5.69 Å². The van der Waals surface area contributed by atoms with Crippen LogP contribution in [0.5, 0.6) is 5.75 Å². The molecule has 0 radical (unpaired) electrons. The maximum absolute atomic E-state index is 11.9. The molecule has 2 rings (SSSR count). The molecule has 1 heterocycles. The van der Waals surface area contributed by atoms with Crippen molar-refractivity contribution >= 4 is 23.5 Å². The van der Waals surface area contributed by atoms with Crippen LogP contribution in [-0.4, -0.2) is 42.6 Å². The van der Waals surface area contributed by atoms with Crippen LogP contribution in [0.15, 0.2) is 24.3 Å². The van der Waals surface area contributed by atoms with Crippen molar-refractivity contribution in [3.63, 3.8) is 0 Å². The van der Waals surface area contributed by atoms with Gasteiger partial charge >= 0.3 is 5.97 Å². The number of hydrogen-bond acceptors (Lipinski definition) is 4. The van der Waals surface area contributed by atoms with Gasteiger partial charge in [0.05, 0.1) is 11.6 Å². The van der Waals surface area contributed by atoms with Gasteiger partial charge in [-0.2, -0.15) is 0 Å². The van der Waals surface area contributed by atoms with Crippen LogP contribution >= 0.6 is 0 Å². The van der Waals surface area contributed by atoms with Gasteiger partial charge in [0.25, 0.3) is 5.91 Å². The van der Waals surface area contributed by atoms with Crippen LogP contribution in [0.25, 0.3) is 0 Å². The molecule has 1 aromatic rings. The van der Waals surface area contributed by atoms with Crippen molar-refractivity contribution in [3.8, 4) is 5.75 Å². The minimum atomic E-state index is -0.983. The zero-order valence-corrected chi connectivity index (χ0v) is 11.5. The molecule has 21 heavy (non-hydrogen) atoms. The highest BCUT2D eigenvalue weighted by Crippen LogP contribution is 2.31. The summed E-state index contributed by atoms with van der Waals surface area (Å²) >= 11 is 0. The van der Waals surface area contributed by atoms with Gasteiger partial charge in [-0.15, -0.1) is 0 Å². The minimum Gasteiger partial charge on any atom is -0.482 e. The molecule has 1 unspecified atom stereocenters. The molecule has 7 nitrogen and oxygen atoms in total. The number of rotatable bonds is 5. The van der Waals surface area contributed by atoms with Crippen molar-refractivity contribution in [2.75, 3.05) is 24.6 Å². The average molecular weight is 292 g/mol. The summed E-state index contributed by atoms with van der Waals surface area (Å²) < 4.78 is 5.28. The van der Waals surface area contributed by atoms with E-state index in [-0.39, 0.29) is 25.6 Å². The molecule has 0 bridgehead atoms. The summed E-state index contributed by atoms with van der Waals surface area (Å²) in [6, 6.07) is 6.94. The summed E-state index contributed by atoms with van der Waals surface area (Å²) in [4.78, 5) is 35.7. The maximum Gasteiger partial charge on any atom is 0.308 e. The number of fused-ring (bicyclic) bond motifs is 1. The molecule has 7 heteroatoms. The lowest BCUT2D eigenvalue weighted by Gasteiger charge is -2.28. The van der Waals surface area contributed by atoms with Gasteiger partial charge in [0.15, 0.2) is 6.61 Å². The number of carbonyl (C=O) groups is 3. The number of hydrogen-bond donors (Lipinski definition) is 2. The number of anilines is 1. The second-order valence-corrected chi connectivity index (χ2v) is 4.78. The second-order valence-electron chi connectivity index (χ2n) is 4.78. The number of ether oxygens (including phenoxy) is 1. The van der Waals surface area contributed by atoms with Crippen molar-refractivity contribution < 1.29 is 24.2 Å². The summed E-state index contributed by atoms with van der Waals surface area (Å²) in [7, 11) is 0. The highest BCUT2D eigenvalue weighted by atomic mass is 16.5. The van der Waals surface area contributed by atoms with Gasteiger partial charge in [-0.05, 0) is 12.1 Å². The van der Waals surface area contributed by atoms with E-state index in [1.165, 1.54) is 11.8 Å². The lowest BCUT2D eigenvalue weighted by atomic mass is 10.2. The SMILES string of the molecule is CC(CNC(=O)CN1C(=O)COc2ccccc21)C(=O)O. The molecule has 0 saturated carbocycles. The summed E-state index contributed by atoms with van der Waals surface area (Å²) in [6.45, 7) is 1.24. The van der Waals surface area contributed by atoms with E-state index in [1.54, 1.807) is 24.3 Å². The fourth-order valence-electron chi connectivity index (χ4n) is 1.88. The Balaban J connectivity index is 2.00. The molecule has 1 aliphatic heterocycles. The number of nitrogens with zero attached hydrogens (tertiary/aromatic N) is 1.